The zero-order valence-electron chi connectivity index (χ0n) is 12.2. The van der Waals surface area contributed by atoms with Crippen molar-refractivity contribution in [3.05, 3.63) is 0 Å². The van der Waals surface area contributed by atoms with Crippen LogP contribution in [0.1, 0.15) is 64.2 Å². The van der Waals surface area contributed by atoms with E-state index in [1.165, 1.54) is 70.8 Å². The molecule has 108 valence electrons. The van der Waals surface area contributed by atoms with E-state index >= 15 is 0 Å². The molecule has 1 heterocycles. The summed E-state index contributed by atoms with van der Waals surface area (Å²) in [6.45, 7) is 2.23. The fourth-order valence-electron chi connectivity index (χ4n) is 5.80. The molecule has 1 unspecified atom stereocenters. The maximum absolute atomic E-state index is 6.50. The van der Waals surface area contributed by atoms with Crippen LogP contribution in [0.2, 0.25) is 0 Å². The van der Waals surface area contributed by atoms with Gasteiger partial charge in [-0.1, -0.05) is 6.42 Å². The molecule has 0 spiro atoms. The van der Waals surface area contributed by atoms with Crippen molar-refractivity contribution in [1.29, 1.82) is 0 Å². The van der Waals surface area contributed by atoms with Crippen LogP contribution in [0.25, 0.3) is 0 Å². The minimum absolute atomic E-state index is 0.323. The van der Waals surface area contributed by atoms with Gasteiger partial charge in [0.2, 0.25) is 0 Å². The summed E-state index contributed by atoms with van der Waals surface area (Å²) in [6, 6.07) is 0.739. The smallest absolute Gasteiger partial charge is 0.0690 e. The van der Waals surface area contributed by atoms with Crippen LogP contribution in [0.4, 0.5) is 0 Å². The van der Waals surface area contributed by atoms with E-state index in [9.17, 15) is 0 Å². The van der Waals surface area contributed by atoms with Gasteiger partial charge in [0.15, 0.2) is 0 Å². The van der Waals surface area contributed by atoms with Crippen LogP contribution in [0.5, 0.6) is 0 Å². The van der Waals surface area contributed by atoms with Gasteiger partial charge in [-0.25, -0.2) is 0 Å². The van der Waals surface area contributed by atoms with Gasteiger partial charge in [0.1, 0.15) is 0 Å². The van der Waals surface area contributed by atoms with E-state index in [0.717, 1.165) is 30.4 Å². The van der Waals surface area contributed by atoms with Gasteiger partial charge in [-0.3, -0.25) is 0 Å². The van der Waals surface area contributed by atoms with Gasteiger partial charge in [-0.15, -0.1) is 0 Å². The molecule has 4 saturated carbocycles. The van der Waals surface area contributed by atoms with Crippen LogP contribution in [-0.2, 0) is 4.74 Å². The van der Waals surface area contributed by atoms with Crippen molar-refractivity contribution in [1.82, 2.24) is 5.32 Å². The number of ether oxygens (including phenoxy) is 1. The molecule has 0 radical (unpaired) electrons. The van der Waals surface area contributed by atoms with Crippen LogP contribution in [-0.4, -0.2) is 24.8 Å². The maximum atomic E-state index is 6.50. The van der Waals surface area contributed by atoms with Crippen LogP contribution in [0.3, 0.4) is 0 Å². The van der Waals surface area contributed by atoms with E-state index in [-0.39, 0.29) is 0 Å². The Morgan fingerprint density at radius 2 is 1.63 bits per heavy atom. The zero-order valence-corrected chi connectivity index (χ0v) is 12.2. The first-order valence-corrected chi connectivity index (χ1v) is 8.69. The summed E-state index contributed by atoms with van der Waals surface area (Å²) in [5.41, 5.74) is 0.323. The predicted octanol–water partition coefficient (Wildman–Crippen LogP) is 3.50. The van der Waals surface area contributed by atoms with Crippen LogP contribution in [0.15, 0.2) is 0 Å². The topological polar surface area (TPSA) is 21.3 Å². The average molecular weight is 263 g/mol. The number of hydrogen-bond acceptors (Lipinski definition) is 2. The third kappa shape index (κ3) is 2.58. The van der Waals surface area contributed by atoms with Crippen molar-refractivity contribution in [2.75, 3.05) is 13.2 Å². The van der Waals surface area contributed by atoms with Gasteiger partial charge >= 0.3 is 0 Å². The molecule has 2 nitrogen and oxygen atoms in total. The average Bonchev–Trinajstić information content (AvgIpc) is 2.38. The molecular weight excluding hydrogens is 234 g/mol. The molecule has 1 N–H and O–H groups in total. The molecule has 1 saturated heterocycles. The lowest BCUT2D eigenvalue weighted by Gasteiger charge is -2.56. The molecule has 0 aromatic heterocycles. The Labute approximate surface area is 117 Å². The van der Waals surface area contributed by atoms with Crippen LogP contribution in [0, 0.1) is 17.8 Å². The summed E-state index contributed by atoms with van der Waals surface area (Å²) in [6.07, 6.45) is 14.1. The number of piperidine rings is 1. The number of nitrogens with one attached hydrogen (secondary N) is 1. The Bertz CT molecular complexity index is 286. The van der Waals surface area contributed by atoms with Gasteiger partial charge in [-0.05, 0) is 82.1 Å². The maximum Gasteiger partial charge on any atom is 0.0690 e. The van der Waals surface area contributed by atoms with E-state index in [0.29, 0.717) is 5.60 Å². The largest absolute Gasteiger partial charge is 0.375 e. The second-order valence-corrected chi connectivity index (χ2v) is 7.88. The molecule has 0 aromatic rings. The van der Waals surface area contributed by atoms with Gasteiger partial charge < -0.3 is 10.1 Å². The van der Waals surface area contributed by atoms with Crippen LogP contribution < -0.4 is 5.32 Å². The fourth-order valence-corrected chi connectivity index (χ4v) is 5.80. The van der Waals surface area contributed by atoms with Crippen molar-refractivity contribution in [3.8, 4) is 0 Å². The summed E-state index contributed by atoms with van der Waals surface area (Å²) < 4.78 is 6.50. The quantitative estimate of drug-likeness (QED) is 0.838. The summed E-state index contributed by atoms with van der Waals surface area (Å²) in [5, 5.41) is 3.65. The van der Waals surface area contributed by atoms with E-state index in [2.05, 4.69) is 5.32 Å². The van der Waals surface area contributed by atoms with Crippen LogP contribution >= 0.6 is 0 Å². The molecule has 5 rings (SSSR count). The fraction of sp³-hybridized carbons (Fsp3) is 1.00. The summed E-state index contributed by atoms with van der Waals surface area (Å²) in [4.78, 5) is 0. The molecule has 1 atom stereocenters. The second kappa shape index (κ2) is 5.04. The summed E-state index contributed by atoms with van der Waals surface area (Å²) >= 11 is 0. The molecule has 4 bridgehead atoms. The van der Waals surface area contributed by atoms with E-state index < -0.39 is 0 Å². The zero-order chi connectivity index (χ0) is 12.7. The molecule has 19 heavy (non-hydrogen) atoms. The first kappa shape index (κ1) is 12.6. The predicted molar refractivity (Wildman–Crippen MR) is 77.1 cm³/mol. The van der Waals surface area contributed by atoms with Crippen molar-refractivity contribution >= 4 is 0 Å². The molecule has 0 amide bonds. The highest BCUT2D eigenvalue weighted by Gasteiger charge is 2.51. The Morgan fingerprint density at radius 1 is 0.947 bits per heavy atom. The van der Waals surface area contributed by atoms with Crippen molar-refractivity contribution in [3.63, 3.8) is 0 Å². The Hall–Kier alpha value is -0.0800. The van der Waals surface area contributed by atoms with Gasteiger partial charge in [-0.2, -0.15) is 0 Å². The summed E-state index contributed by atoms with van der Waals surface area (Å²) in [5.74, 6) is 3.04. The highest BCUT2D eigenvalue weighted by molar-refractivity contribution is 5.03. The van der Waals surface area contributed by atoms with Crippen molar-refractivity contribution in [2.45, 2.75) is 75.9 Å². The normalized spacial score (nSPS) is 48.6. The standard InChI is InChI=1S/C17H29NO/c1-2-5-18-16(3-1)4-6-19-17-10-13-7-14(11-17)9-15(8-13)12-17/h13-16,18H,1-12H2. The molecule has 5 aliphatic rings. The second-order valence-electron chi connectivity index (χ2n) is 7.88. The third-order valence-corrected chi connectivity index (χ3v) is 6.27. The molecule has 0 aromatic carbocycles. The number of rotatable bonds is 4. The Kier molecular flexibility index (Phi) is 3.35. The summed E-state index contributed by atoms with van der Waals surface area (Å²) in [7, 11) is 0. The van der Waals surface area contributed by atoms with Gasteiger partial charge in [0.25, 0.3) is 0 Å². The van der Waals surface area contributed by atoms with E-state index in [1.54, 1.807) is 0 Å². The lowest BCUT2D eigenvalue weighted by atomic mass is 9.54. The Balaban J connectivity index is 1.30. The molecule has 1 aliphatic heterocycles. The highest BCUT2D eigenvalue weighted by atomic mass is 16.5. The Morgan fingerprint density at radius 3 is 2.21 bits per heavy atom. The van der Waals surface area contributed by atoms with Gasteiger partial charge in [0.05, 0.1) is 5.60 Å². The SMILES string of the molecule is C1CCC(CCOC23CC4CC(CC(C4)C2)C3)NC1. The van der Waals surface area contributed by atoms with Crippen molar-refractivity contribution in [2.24, 2.45) is 17.8 Å². The highest BCUT2D eigenvalue weighted by Crippen LogP contribution is 2.57. The molecular formula is C17H29NO. The van der Waals surface area contributed by atoms with Crippen molar-refractivity contribution < 1.29 is 4.74 Å². The minimum Gasteiger partial charge on any atom is -0.375 e. The van der Waals surface area contributed by atoms with Gasteiger partial charge in [0, 0.05) is 12.6 Å². The molecule has 4 aliphatic carbocycles. The first-order valence-electron chi connectivity index (χ1n) is 8.69. The minimum atomic E-state index is 0.323. The number of hydrogen-bond donors (Lipinski definition) is 1. The lowest BCUT2D eigenvalue weighted by molar-refractivity contribution is -0.163. The molecule has 2 heteroatoms. The third-order valence-electron chi connectivity index (χ3n) is 6.27. The lowest BCUT2D eigenvalue weighted by Crippen LogP contribution is -2.52. The monoisotopic (exact) mass is 263 g/mol. The van der Waals surface area contributed by atoms with E-state index in [4.69, 9.17) is 4.74 Å². The molecule has 5 fully saturated rings. The van der Waals surface area contributed by atoms with E-state index in [1.807, 2.05) is 0 Å². The first-order chi connectivity index (χ1) is 9.31.